The van der Waals surface area contributed by atoms with E-state index in [9.17, 15) is 9.59 Å². The summed E-state index contributed by atoms with van der Waals surface area (Å²) >= 11 is 0. The normalized spacial score (nSPS) is 18.2. The van der Waals surface area contributed by atoms with E-state index in [0.717, 1.165) is 27.6 Å². The van der Waals surface area contributed by atoms with Crippen LogP contribution in [0.1, 0.15) is 37.4 Å². The first-order chi connectivity index (χ1) is 14.0. The molecule has 0 fully saturated rings. The van der Waals surface area contributed by atoms with Crippen LogP contribution < -0.4 is 10.2 Å². The van der Waals surface area contributed by atoms with Crippen molar-refractivity contribution in [2.75, 3.05) is 4.90 Å². The van der Waals surface area contributed by atoms with Crippen LogP contribution >= 0.6 is 0 Å². The molecule has 4 rings (SSSR count). The van der Waals surface area contributed by atoms with Gasteiger partial charge >= 0.3 is 6.09 Å². The quantitative estimate of drug-likeness (QED) is 0.690. The molecule has 1 aliphatic rings. The minimum absolute atomic E-state index is 0.000192. The molecule has 2 atom stereocenters. The second-order valence-electron chi connectivity index (χ2n) is 7.46. The summed E-state index contributed by atoms with van der Waals surface area (Å²) in [6.45, 7) is 3.82. The maximum atomic E-state index is 12.5. The van der Waals surface area contributed by atoms with Crippen molar-refractivity contribution in [3.63, 3.8) is 0 Å². The van der Waals surface area contributed by atoms with Crippen LogP contribution in [0.4, 0.5) is 10.5 Å². The molecule has 1 heterocycles. The van der Waals surface area contributed by atoms with Gasteiger partial charge in [-0.1, -0.05) is 66.7 Å². The number of fused-ring (bicyclic) bond motifs is 3. The van der Waals surface area contributed by atoms with Crippen LogP contribution in [0.2, 0.25) is 0 Å². The van der Waals surface area contributed by atoms with E-state index >= 15 is 0 Å². The summed E-state index contributed by atoms with van der Waals surface area (Å²) in [5.41, 5.74) is 2.75. The first-order valence-corrected chi connectivity index (χ1v) is 9.83. The lowest BCUT2D eigenvalue weighted by molar-refractivity contribution is -0.117. The topological polar surface area (TPSA) is 58.6 Å². The van der Waals surface area contributed by atoms with E-state index in [-0.39, 0.29) is 24.6 Å². The number of hydrogen-bond donors (Lipinski definition) is 1. The molecular formula is C24H24N2O3. The van der Waals surface area contributed by atoms with Crippen LogP contribution in [-0.4, -0.2) is 18.0 Å². The minimum Gasteiger partial charge on any atom is -0.445 e. The van der Waals surface area contributed by atoms with Crippen molar-refractivity contribution >= 4 is 28.5 Å². The number of hydrogen-bond acceptors (Lipinski definition) is 3. The van der Waals surface area contributed by atoms with Gasteiger partial charge in [-0.3, -0.25) is 4.79 Å². The van der Waals surface area contributed by atoms with Gasteiger partial charge in [0, 0.05) is 18.4 Å². The summed E-state index contributed by atoms with van der Waals surface area (Å²) in [5, 5.41) is 5.08. The zero-order valence-corrected chi connectivity index (χ0v) is 16.6. The fraction of sp³-hybridized carbons (Fsp3) is 0.250. The van der Waals surface area contributed by atoms with E-state index in [1.807, 2.05) is 78.6 Å². The predicted octanol–water partition coefficient (Wildman–Crippen LogP) is 4.95. The number of carbonyl (C=O) groups is 2. The second kappa shape index (κ2) is 7.95. The SMILES string of the molecule is CC(=O)N1c2c(ccc3ccccc23)[C@H](NC(=O)OCc2ccccc2)C[C@@H]1C. The van der Waals surface area contributed by atoms with Gasteiger partial charge in [0.15, 0.2) is 0 Å². The van der Waals surface area contributed by atoms with Crippen LogP contribution in [-0.2, 0) is 16.1 Å². The number of nitrogens with zero attached hydrogens (tertiary/aromatic N) is 1. The van der Waals surface area contributed by atoms with Gasteiger partial charge in [0.2, 0.25) is 5.91 Å². The molecule has 0 saturated carbocycles. The Bertz CT molecular complexity index is 1050. The number of alkyl carbamates (subject to hydrolysis) is 1. The molecule has 5 heteroatoms. The third-order valence-electron chi connectivity index (χ3n) is 5.41. The largest absolute Gasteiger partial charge is 0.445 e. The van der Waals surface area contributed by atoms with Crippen molar-refractivity contribution in [1.29, 1.82) is 0 Å². The third kappa shape index (κ3) is 3.81. The van der Waals surface area contributed by atoms with E-state index in [1.54, 1.807) is 6.92 Å². The number of rotatable bonds is 3. The van der Waals surface area contributed by atoms with Gasteiger partial charge in [0.25, 0.3) is 0 Å². The van der Waals surface area contributed by atoms with Gasteiger partial charge in [-0.2, -0.15) is 0 Å². The summed E-state index contributed by atoms with van der Waals surface area (Å²) < 4.78 is 5.41. The Morgan fingerprint density at radius 3 is 2.52 bits per heavy atom. The molecular weight excluding hydrogens is 364 g/mol. The van der Waals surface area contributed by atoms with Crippen LogP contribution in [0.15, 0.2) is 66.7 Å². The molecule has 5 nitrogen and oxygen atoms in total. The smallest absolute Gasteiger partial charge is 0.407 e. The Hall–Kier alpha value is -3.34. The van der Waals surface area contributed by atoms with Crippen molar-refractivity contribution in [2.24, 2.45) is 0 Å². The van der Waals surface area contributed by atoms with E-state index < -0.39 is 6.09 Å². The Labute approximate surface area is 170 Å². The summed E-state index contributed by atoms with van der Waals surface area (Å²) in [4.78, 5) is 26.7. The van der Waals surface area contributed by atoms with Gasteiger partial charge in [-0.05, 0) is 29.9 Å². The highest BCUT2D eigenvalue weighted by Gasteiger charge is 2.34. The predicted molar refractivity (Wildman–Crippen MR) is 114 cm³/mol. The summed E-state index contributed by atoms with van der Waals surface area (Å²) in [5.74, 6) is 0.000192. The molecule has 0 radical (unpaired) electrons. The maximum Gasteiger partial charge on any atom is 0.407 e. The van der Waals surface area contributed by atoms with Gasteiger partial charge in [-0.15, -0.1) is 0 Å². The summed E-state index contributed by atoms with van der Waals surface area (Å²) in [7, 11) is 0. The molecule has 29 heavy (non-hydrogen) atoms. The molecule has 3 aromatic rings. The number of benzene rings is 3. The van der Waals surface area contributed by atoms with E-state index in [0.29, 0.717) is 6.42 Å². The average molecular weight is 388 g/mol. The fourth-order valence-corrected chi connectivity index (χ4v) is 4.13. The molecule has 0 unspecified atom stereocenters. The zero-order chi connectivity index (χ0) is 20.4. The Morgan fingerprint density at radius 1 is 1.03 bits per heavy atom. The third-order valence-corrected chi connectivity index (χ3v) is 5.41. The molecule has 3 aromatic carbocycles. The Morgan fingerprint density at radius 2 is 1.76 bits per heavy atom. The average Bonchev–Trinajstić information content (AvgIpc) is 2.72. The number of anilines is 1. The lowest BCUT2D eigenvalue weighted by Crippen LogP contribution is -2.45. The number of carbonyl (C=O) groups excluding carboxylic acids is 2. The van der Waals surface area contributed by atoms with Crippen molar-refractivity contribution in [2.45, 2.75) is 39.0 Å². The van der Waals surface area contributed by atoms with Crippen LogP contribution in [0, 0.1) is 0 Å². The molecule has 0 bridgehead atoms. The molecule has 1 N–H and O–H groups in total. The molecule has 1 aliphatic heterocycles. The second-order valence-corrected chi connectivity index (χ2v) is 7.46. The van der Waals surface area contributed by atoms with Crippen molar-refractivity contribution in [1.82, 2.24) is 5.32 Å². The Balaban J connectivity index is 1.62. The van der Waals surface area contributed by atoms with Crippen molar-refractivity contribution in [3.05, 3.63) is 77.9 Å². The number of ether oxygens (including phenoxy) is 1. The summed E-state index contributed by atoms with van der Waals surface area (Å²) in [6, 6.07) is 21.4. The molecule has 0 aromatic heterocycles. The van der Waals surface area contributed by atoms with Crippen LogP contribution in [0.5, 0.6) is 0 Å². The lowest BCUT2D eigenvalue weighted by Gasteiger charge is -2.39. The van der Waals surface area contributed by atoms with Crippen LogP contribution in [0.3, 0.4) is 0 Å². The van der Waals surface area contributed by atoms with Gasteiger partial charge in [0.05, 0.1) is 11.7 Å². The molecule has 2 amide bonds. The first kappa shape index (κ1) is 19.0. The molecule has 148 valence electrons. The standard InChI is InChI=1S/C24H24N2O3/c1-16-14-22(25-24(28)29-15-18-8-4-3-5-9-18)21-13-12-19-10-6-7-11-20(19)23(21)26(16)17(2)27/h3-13,16,22H,14-15H2,1-2H3,(H,25,28)/t16-,22+/m0/s1. The van der Waals surface area contributed by atoms with Gasteiger partial charge < -0.3 is 15.0 Å². The van der Waals surface area contributed by atoms with Crippen LogP contribution in [0.25, 0.3) is 10.8 Å². The van der Waals surface area contributed by atoms with Crippen molar-refractivity contribution in [3.8, 4) is 0 Å². The molecule has 0 spiro atoms. The van der Waals surface area contributed by atoms with Gasteiger partial charge in [0.1, 0.15) is 6.61 Å². The van der Waals surface area contributed by atoms with E-state index in [2.05, 4.69) is 5.32 Å². The highest BCUT2D eigenvalue weighted by Crippen LogP contribution is 2.42. The minimum atomic E-state index is -0.457. The zero-order valence-electron chi connectivity index (χ0n) is 16.6. The number of amides is 2. The van der Waals surface area contributed by atoms with Gasteiger partial charge in [-0.25, -0.2) is 4.79 Å². The lowest BCUT2D eigenvalue weighted by atomic mass is 9.89. The number of nitrogens with one attached hydrogen (secondary N) is 1. The van der Waals surface area contributed by atoms with E-state index in [1.165, 1.54) is 0 Å². The fourth-order valence-electron chi connectivity index (χ4n) is 4.13. The monoisotopic (exact) mass is 388 g/mol. The highest BCUT2D eigenvalue weighted by atomic mass is 16.5. The highest BCUT2D eigenvalue weighted by molar-refractivity contribution is 6.05. The van der Waals surface area contributed by atoms with Crippen molar-refractivity contribution < 1.29 is 14.3 Å². The Kier molecular flexibility index (Phi) is 5.21. The molecule has 0 saturated heterocycles. The summed E-state index contributed by atoms with van der Waals surface area (Å²) in [6.07, 6.45) is 0.173. The van der Waals surface area contributed by atoms with E-state index in [4.69, 9.17) is 4.74 Å². The molecule has 0 aliphatic carbocycles. The first-order valence-electron chi connectivity index (χ1n) is 9.83. The maximum absolute atomic E-state index is 12.5.